The van der Waals surface area contributed by atoms with E-state index in [0.717, 1.165) is 41.6 Å². The van der Waals surface area contributed by atoms with Gasteiger partial charge in [0.05, 0.1) is 23.9 Å². The summed E-state index contributed by atoms with van der Waals surface area (Å²) in [6.45, 7) is 7.58. The quantitative estimate of drug-likeness (QED) is 0.616. The summed E-state index contributed by atoms with van der Waals surface area (Å²) in [5.74, 6) is 0.305. The van der Waals surface area contributed by atoms with Crippen LogP contribution in [0.4, 0.5) is 5.69 Å². The number of rotatable bonds is 9. The molecule has 0 bridgehead atoms. The molecule has 0 aliphatic heterocycles. The van der Waals surface area contributed by atoms with E-state index < -0.39 is 0 Å². The van der Waals surface area contributed by atoms with Crippen molar-refractivity contribution in [1.82, 2.24) is 9.55 Å². The summed E-state index contributed by atoms with van der Waals surface area (Å²) in [5.41, 5.74) is 3.01. The van der Waals surface area contributed by atoms with E-state index >= 15 is 0 Å². The molecule has 0 saturated carbocycles. The van der Waals surface area contributed by atoms with Crippen LogP contribution in [0.2, 0.25) is 0 Å². The van der Waals surface area contributed by atoms with Gasteiger partial charge in [0.2, 0.25) is 5.91 Å². The number of thioether (sulfide) groups is 1. The third kappa shape index (κ3) is 5.12. The van der Waals surface area contributed by atoms with Crippen molar-refractivity contribution >= 4 is 23.4 Å². The number of aryl methyl sites for hydroxylation is 1. The van der Waals surface area contributed by atoms with E-state index in [0.29, 0.717) is 18.7 Å². The van der Waals surface area contributed by atoms with Crippen molar-refractivity contribution in [2.24, 2.45) is 0 Å². The van der Waals surface area contributed by atoms with Gasteiger partial charge in [0, 0.05) is 24.5 Å². The average Bonchev–Trinajstić information content (AvgIpc) is 2.93. The van der Waals surface area contributed by atoms with Crippen molar-refractivity contribution in [3.8, 4) is 6.07 Å². The van der Waals surface area contributed by atoms with Gasteiger partial charge in [0.15, 0.2) is 5.16 Å². The number of anilines is 1. The topological polar surface area (TPSA) is 61.9 Å². The standard InChI is InChI=1S/C20H26N4OS/c1-4-5-13-23-17(3)16(2)22-20(23)26-15-19(25)24(14-9-12-21)18-10-7-6-8-11-18/h6-8,10-11H,4-5,9,13-15H2,1-3H3. The molecule has 0 aliphatic rings. The zero-order chi connectivity index (χ0) is 18.9. The summed E-state index contributed by atoms with van der Waals surface area (Å²) in [7, 11) is 0. The zero-order valence-electron chi connectivity index (χ0n) is 15.7. The number of carbonyl (C=O) groups is 1. The van der Waals surface area contributed by atoms with Gasteiger partial charge in [-0.1, -0.05) is 43.3 Å². The second-order valence-electron chi connectivity index (χ2n) is 6.15. The number of benzene rings is 1. The minimum atomic E-state index is -0.00297. The zero-order valence-corrected chi connectivity index (χ0v) is 16.6. The lowest BCUT2D eigenvalue weighted by Crippen LogP contribution is -2.33. The molecule has 0 N–H and O–H groups in total. The lowest BCUT2D eigenvalue weighted by Gasteiger charge is -2.21. The summed E-state index contributed by atoms with van der Waals surface area (Å²) in [6.07, 6.45) is 2.53. The third-order valence-electron chi connectivity index (χ3n) is 4.30. The molecule has 26 heavy (non-hydrogen) atoms. The number of amides is 1. The molecule has 1 amide bonds. The highest BCUT2D eigenvalue weighted by molar-refractivity contribution is 7.99. The van der Waals surface area contributed by atoms with Crippen LogP contribution in [0.3, 0.4) is 0 Å². The number of unbranched alkanes of at least 4 members (excludes halogenated alkanes) is 1. The molecule has 1 aromatic carbocycles. The van der Waals surface area contributed by atoms with E-state index in [1.807, 2.05) is 37.3 Å². The molecule has 0 unspecified atom stereocenters. The van der Waals surface area contributed by atoms with Crippen molar-refractivity contribution < 1.29 is 4.79 Å². The predicted molar refractivity (Wildman–Crippen MR) is 106 cm³/mol. The van der Waals surface area contributed by atoms with E-state index in [-0.39, 0.29) is 5.91 Å². The average molecular weight is 371 g/mol. The molecular formula is C20H26N4OS. The first-order valence-corrected chi connectivity index (χ1v) is 9.96. The van der Waals surface area contributed by atoms with Gasteiger partial charge in [0.1, 0.15) is 0 Å². The number of para-hydroxylation sites is 1. The maximum absolute atomic E-state index is 12.8. The Morgan fingerprint density at radius 2 is 2.04 bits per heavy atom. The smallest absolute Gasteiger partial charge is 0.237 e. The maximum Gasteiger partial charge on any atom is 0.237 e. The molecule has 1 heterocycles. The summed E-state index contributed by atoms with van der Waals surface area (Å²) in [5, 5.41) is 9.80. The Morgan fingerprint density at radius 1 is 1.31 bits per heavy atom. The second kappa shape index (κ2) is 10.0. The van der Waals surface area contributed by atoms with Gasteiger partial charge in [-0.2, -0.15) is 5.26 Å². The van der Waals surface area contributed by atoms with Crippen LogP contribution in [0.5, 0.6) is 0 Å². The van der Waals surface area contributed by atoms with E-state index in [2.05, 4.69) is 29.5 Å². The summed E-state index contributed by atoms with van der Waals surface area (Å²) >= 11 is 1.47. The molecular weight excluding hydrogens is 344 g/mol. The number of imidazole rings is 1. The monoisotopic (exact) mass is 370 g/mol. The second-order valence-corrected chi connectivity index (χ2v) is 7.09. The summed E-state index contributed by atoms with van der Waals surface area (Å²) < 4.78 is 2.21. The van der Waals surface area contributed by atoms with Gasteiger partial charge in [-0.3, -0.25) is 4.79 Å². The number of carbonyl (C=O) groups excluding carboxylic acids is 1. The molecule has 0 saturated heterocycles. The number of hydrogen-bond acceptors (Lipinski definition) is 4. The molecule has 0 spiro atoms. The molecule has 0 fully saturated rings. The molecule has 0 atom stereocenters. The SMILES string of the molecule is CCCCn1c(SCC(=O)N(CCC#N)c2ccccc2)nc(C)c1C. The Kier molecular flexibility index (Phi) is 7.73. The first-order valence-electron chi connectivity index (χ1n) is 8.97. The highest BCUT2D eigenvalue weighted by atomic mass is 32.2. The number of nitriles is 1. The van der Waals surface area contributed by atoms with Crippen LogP contribution >= 0.6 is 11.8 Å². The predicted octanol–water partition coefficient (Wildman–Crippen LogP) is 4.34. The Bertz CT molecular complexity index is 764. The number of nitrogens with zero attached hydrogens (tertiary/aromatic N) is 4. The lowest BCUT2D eigenvalue weighted by molar-refractivity contribution is -0.116. The third-order valence-corrected chi connectivity index (χ3v) is 5.26. The molecule has 6 heteroatoms. The molecule has 0 aliphatic carbocycles. The molecule has 0 radical (unpaired) electrons. The van der Waals surface area contributed by atoms with Gasteiger partial charge in [-0.05, 0) is 32.4 Å². The van der Waals surface area contributed by atoms with Crippen LogP contribution in [-0.2, 0) is 11.3 Å². The Morgan fingerprint density at radius 3 is 2.69 bits per heavy atom. The first kappa shape index (κ1) is 20.1. The van der Waals surface area contributed by atoms with Crippen molar-refractivity contribution in [3.63, 3.8) is 0 Å². The van der Waals surface area contributed by atoms with Crippen LogP contribution in [0.15, 0.2) is 35.5 Å². The van der Waals surface area contributed by atoms with Crippen LogP contribution in [0.1, 0.15) is 37.6 Å². The summed E-state index contributed by atoms with van der Waals surface area (Å²) in [6, 6.07) is 11.6. The van der Waals surface area contributed by atoms with E-state index in [4.69, 9.17) is 5.26 Å². The molecule has 5 nitrogen and oxygen atoms in total. The van der Waals surface area contributed by atoms with Crippen LogP contribution in [-0.4, -0.2) is 27.8 Å². The molecule has 1 aromatic heterocycles. The number of hydrogen-bond donors (Lipinski definition) is 0. The fourth-order valence-electron chi connectivity index (χ4n) is 2.69. The maximum atomic E-state index is 12.8. The van der Waals surface area contributed by atoms with Gasteiger partial charge < -0.3 is 9.47 Å². The minimum Gasteiger partial charge on any atom is -0.323 e. The normalized spacial score (nSPS) is 10.5. The summed E-state index contributed by atoms with van der Waals surface area (Å²) in [4.78, 5) is 19.1. The molecule has 138 valence electrons. The van der Waals surface area contributed by atoms with Gasteiger partial charge in [-0.25, -0.2) is 4.98 Å². The Labute approximate surface area is 160 Å². The fraction of sp³-hybridized carbons (Fsp3) is 0.450. The van der Waals surface area contributed by atoms with Crippen LogP contribution in [0, 0.1) is 25.2 Å². The highest BCUT2D eigenvalue weighted by Gasteiger charge is 2.18. The largest absolute Gasteiger partial charge is 0.323 e. The van der Waals surface area contributed by atoms with Crippen molar-refractivity contribution in [2.75, 3.05) is 17.2 Å². The number of aromatic nitrogens is 2. The first-order chi connectivity index (χ1) is 12.6. The Balaban J connectivity index is 2.10. The van der Waals surface area contributed by atoms with Crippen molar-refractivity contribution in [1.29, 1.82) is 5.26 Å². The van der Waals surface area contributed by atoms with Crippen molar-refractivity contribution in [2.45, 2.75) is 51.7 Å². The highest BCUT2D eigenvalue weighted by Crippen LogP contribution is 2.23. The fourth-order valence-corrected chi connectivity index (χ4v) is 3.68. The van der Waals surface area contributed by atoms with E-state index in [1.165, 1.54) is 11.8 Å². The van der Waals surface area contributed by atoms with Gasteiger partial charge >= 0.3 is 0 Å². The van der Waals surface area contributed by atoms with Gasteiger partial charge in [-0.15, -0.1) is 0 Å². The lowest BCUT2D eigenvalue weighted by atomic mass is 10.2. The van der Waals surface area contributed by atoms with Crippen molar-refractivity contribution in [3.05, 3.63) is 41.7 Å². The molecule has 2 aromatic rings. The van der Waals surface area contributed by atoms with Crippen LogP contribution in [0.25, 0.3) is 0 Å². The Hall–Kier alpha value is -2.26. The van der Waals surface area contributed by atoms with Crippen LogP contribution < -0.4 is 4.90 Å². The molecule has 2 rings (SSSR count). The van der Waals surface area contributed by atoms with Gasteiger partial charge in [0.25, 0.3) is 0 Å². The van der Waals surface area contributed by atoms with E-state index in [1.54, 1.807) is 4.90 Å². The minimum absolute atomic E-state index is 0.00297. The van der Waals surface area contributed by atoms with E-state index in [9.17, 15) is 4.79 Å².